The van der Waals surface area contributed by atoms with Crippen molar-refractivity contribution in [3.05, 3.63) is 0 Å². The van der Waals surface area contributed by atoms with Gasteiger partial charge < -0.3 is 10.4 Å². The lowest BCUT2D eigenvalue weighted by Gasteiger charge is -2.53. The third-order valence-corrected chi connectivity index (χ3v) is 5.26. The molecule has 0 radical (unpaired) electrons. The molecule has 2 nitrogen and oxygen atoms in total. The van der Waals surface area contributed by atoms with Gasteiger partial charge in [-0.3, -0.25) is 0 Å². The van der Waals surface area contributed by atoms with Crippen molar-refractivity contribution in [3.63, 3.8) is 0 Å². The quantitative estimate of drug-likeness (QED) is 0.757. The molecule has 0 saturated heterocycles. The number of aliphatic hydroxyl groups excluding tert-OH is 1. The molecule has 2 N–H and O–H groups in total. The first-order chi connectivity index (χ1) is 9.26. The molecular weight excluding hydrogens is 246 g/mol. The normalized spacial score (nSPS) is 29.9. The Bertz CT molecular complexity index is 297. The number of nitrogens with one attached hydrogen (secondary N) is 1. The maximum absolute atomic E-state index is 10.1. The molecule has 0 unspecified atom stereocenters. The van der Waals surface area contributed by atoms with Crippen molar-refractivity contribution in [1.29, 1.82) is 0 Å². The van der Waals surface area contributed by atoms with Gasteiger partial charge >= 0.3 is 0 Å². The molecule has 2 fully saturated rings. The average Bonchev–Trinajstić information content (AvgIpc) is 2.53. The van der Waals surface area contributed by atoms with Crippen molar-refractivity contribution in [2.75, 3.05) is 6.61 Å². The second-order valence-electron chi connectivity index (χ2n) is 9.13. The fourth-order valence-electron chi connectivity index (χ4n) is 5.43. The summed E-state index contributed by atoms with van der Waals surface area (Å²) in [6.07, 6.45) is 11.5. The van der Waals surface area contributed by atoms with E-state index in [1.807, 2.05) is 0 Å². The Morgan fingerprint density at radius 1 is 0.850 bits per heavy atom. The van der Waals surface area contributed by atoms with Gasteiger partial charge in [-0.05, 0) is 42.9 Å². The zero-order valence-corrected chi connectivity index (χ0v) is 14.1. The molecule has 2 heteroatoms. The smallest absolute Gasteiger partial charge is 0.0613 e. The van der Waals surface area contributed by atoms with Crippen LogP contribution in [0.1, 0.15) is 85.5 Å². The summed E-state index contributed by atoms with van der Waals surface area (Å²) in [5.41, 5.74) is 0.588. The van der Waals surface area contributed by atoms with E-state index in [4.69, 9.17) is 0 Å². The lowest BCUT2D eigenvalue weighted by atomic mass is 9.58. The largest absolute Gasteiger partial charge is 0.394 e. The molecule has 2 aliphatic carbocycles. The Labute approximate surface area is 125 Å². The SMILES string of the molecule is CC1(C)CC(C)(C)CC(CO)(NC2CCCCCC2)C1. The molecule has 0 heterocycles. The number of hydrogen-bond donors (Lipinski definition) is 2. The standard InChI is InChI=1S/C18H35NO/c1-16(2)11-17(3,4)13-18(12-16,14-20)19-15-9-7-5-6-8-10-15/h15,19-20H,5-14H2,1-4H3. The predicted octanol–water partition coefficient (Wildman–Crippen LogP) is 4.27. The Hall–Kier alpha value is -0.0800. The zero-order chi connectivity index (χ0) is 14.9. The fraction of sp³-hybridized carbons (Fsp3) is 1.00. The van der Waals surface area contributed by atoms with Crippen LogP contribution in [0.3, 0.4) is 0 Å². The maximum Gasteiger partial charge on any atom is 0.0613 e. The van der Waals surface area contributed by atoms with E-state index >= 15 is 0 Å². The molecule has 2 aliphatic rings. The molecular formula is C18H35NO. The first kappa shape index (κ1) is 16.3. The first-order valence-electron chi connectivity index (χ1n) is 8.65. The summed E-state index contributed by atoms with van der Waals surface area (Å²) in [7, 11) is 0. The third kappa shape index (κ3) is 4.21. The summed E-state index contributed by atoms with van der Waals surface area (Å²) in [5, 5.41) is 14.1. The van der Waals surface area contributed by atoms with E-state index in [1.165, 1.54) is 44.9 Å². The van der Waals surface area contributed by atoms with Crippen molar-refractivity contribution in [2.24, 2.45) is 10.8 Å². The second-order valence-corrected chi connectivity index (χ2v) is 9.13. The molecule has 0 aromatic rings. The van der Waals surface area contributed by atoms with Gasteiger partial charge in [-0.1, -0.05) is 53.4 Å². The van der Waals surface area contributed by atoms with E-state index < -0.39 is 0 Å². The third-order valence-electron chi connectivity index (χ3n) is 5.26. The highest BCUT2D eigenvalue weighted by Gasteiger charge is 2.47. The number of rotatable bonds is 3. The minimum Gasteiger partial charge on any atom is -0.394 e. The monoisotopic (exact) mass is 281 g/mol. The zero-order valence-electron chi connectivity index (χ0n) is 14.1. The van der Waals surface area contributed by atoms with Crippen molar-refractivity contribution < 1.29 is 5.11 Å². The molecule has 2 rings (SSSR count). The van der Waals surface area contributed by atoms with Gasteiger partial charge in [0.15, 0.2) is 0 Å². The van der Waals surface area contributed by atoms with Crippen LogP contribution in [0.15, 0.2) is 0 Å². The summed E-state index contributed by atoms with van der Waals surface area (Å²) in [5.74, 6) is 0. The van der Waals surface area contributed by atoms with Crippen molar-refractivity contribution in [1.82, 2.24) is 5.32 Å². The van der Waals surface area contributed by atoms with Crippen LogP contribution in [0, 0.1) is 10.8 Å². The topological polar surface area (TPSA) is 32.3 Å². The first-order valence-corrected chi connectivity index (χ1v) is 8.65. The van der Waals surface area contributed by atoms with Gasteiger partial charge in [0, 0.05) is 11.6 Å². The van der Waals surface area contributed by atoms with Crippen molar-refractivity contribution in [3.8, 4) is 0 Å². The van der Waals surface area contributed by atoms with E-state index in [1.54, 1.807) is 0 Å². The summed E-state index contributed by atoms with van der Waals surface area (Å²) < 4.78 is 0. The molecule has 0 aromatic carbocycles. The van der Waals surface area contributed by atoms with Gasteiger partial charge in [-0.25, -0.2) is 0 Å². The van der Waals surface area contributed by atoms with Crippen LogP contribution in [0.4, 0.5) is 0 Å². The van der Waals surface area contributed by atoms with Crippen molar-refractivity contribution in [2.45, 2.75) is 97.1 Å². The van der Waals surface area contributed by atoms with Gasteiger partial charge in [-0.2, -0.15) is 0 Å². The molecule has 0 amide bonds. The molecule has 0 aromatic heterocycles. The van der Waals surface area contributed by atoms with E-state index in [-0.39, 0.29) is 12.1 Å². The van der Waals surface area contributed by atoms with Crippen molar-refractivity contribution >= 4 is 0 Å². The van der Waals surface area contributed by atoms with Crippen LogP contribution in [-0.4, -0.2) is 23.3 Å². The van der Waals surface area contributed by atoms with Crippen LogP contribution < -0.4 is 5.32 Å². The maximum atomic E-state index is 10.1. The lowest BCUT2D eigenvalue weighted by Crippen LogP contribution is -2.60. The average molecular weight is 281 g/mol. The molecule has 20 heavy (non-hydrogen) atoms. The van der Waals surface area contributed by atoms with Crippen LogP contribution in [0.2, 0.25) is 0 Å². The van der Waals surface area contributed by atoms with Gasteiger partial charge in [0.1, 0.15) is 0 Å². The summed E-state index contributed by atoms with van der Waals surface area (Å²) in [4.78, 5) is 0. The molecule has 0 aliphatic heterocycles. The van der Waals surface area contributed by atoms with E-state index in [0.717, 1.165) is 12.8 Å². The van der Waals surface area contributed by atoms with E-state index in [2.05, 4.69) is 33.0 Å². The van der Waals surface area contributed by atoms with Gasteiger partial charge in [0.2, 0.25) is 0 Å². The second kappa shape index (κ2) is 5.96. The lowest BCUT2D eigenvalue weighted by molar-refractivity contribution is -0.0101. The Morgan fingerprint density at radius 2 is 1.35 bits per heavy atom. The number of hydrogen-bond acceptors (Lipinski definition) is 2. The van der Waals surface area contributed by atoms with E-state index in [0.29, 0.717) is 16.9 Å². The molecule has 0 spiro atoms. The van der Waals surface area contributed by atoms with Crippen LogP contribution in [0.25, 0.3) is 0 Å². The highest BCUT2D eigenvalue weighted by molar-refractivity contribution is 5.03. The number of aliphatic hydroxyl groups is 1. The molecule has 118 valence electrons. The van der Waals surface area contributed by atoms with E-state index in [9.17, 15) is 5.11 Å². The van der Waals surface area contributed by atoms with Crippen LogP contribution in [-0.2, 0) is 0 Å². The summed E-state index contributed by atoms with van der Waals surface area (Å²) >= 11 is 0. The highest BCUT2D eigenvalue weighted by Crippen LogP contribution is 2.50. The molecule has 2 saturated carbocycles. The Kier molecular flexibility index (Phi) is 4.86. The van der Waals surface area contributed by atoms with Gasteiger partial charge in [0.05, 0.1) is 6.61 Å². The minimum absolute atomic E-state index is 0.0553. The van der Waals surface area contributed by atoms with Crippen LogP contribution >= 0.6 is 0 Å². The van der Waals surface area contributed by atoms with Gasteiger partial charge in [0.25, 0.3) is 0 Å². The fourth-order valence-corrected chi connectivity index (χ4v) is 5.43. The summed E-state index contributed by atoms with van der Waals surface area (Å²) in [6, 6.07) is 0.620. The molecule has 0 atom stereocenters. The van der Waals surface area contributed by atoms with Gasteiger partial charge in [-0.15, -0.1) is 0 Å². The highest BCUT2D eigenvalue weighted by atomic mass is 16.3. The Morgan fingerprint density at radius 3 is 1.80 bits per heavy atom. The predicted molar refractivity (Wildman–Crippen MR) is 85.9 cm³/mol. The molecule has 0 bridgehead atoms. The summed E-state index contributed by atoms with van der Waals surface area (Å²) in [6.45, 7) is 9.76. The Balaban J connectivity index is 2.10. The minimum atomic E-state index is -0.0553. The van der Waals surface area contributed by atoms with Crippen LogP contribution in [0.5, 0.6) is 0 Å².